The molecule has 0 unspecified atom stereocenters. The molecule has 3 heteroatoms. The summed E-state index contributed by atoms with van der Waals surface area (Å²) in [7, 11) is -0.655. The van der Waals surface area contributed by atoms with Gasteiger partial charge in [0.15, 0.2) is 0 Å². The predicted octanol–water partition coefficient (Wildman–Crippen LogP) is -1.19. The molecule has 0 aromatic heterocycles. The molecule has 0 radical (unpaired) electrons. The topological polar surface area (TPSA) is 23.8 Å². The SMILES string of the molecule is C[P+](C)(C)CCC#N.[Cl-]. The van der Waals surface area contributed by atoms with Crippen molar-refractivity contribution in [2.45, 2.75) is 6.42 Å². The molecule has 0 aliphatic heterocycles. The first-order valence-electron chi connectivity index (χ1n) is 2.74. The van der Waals surface area contributed by atoms with E-state index in [1.54, 1.807) is 0 Å². The van der Waals surface area contributed by atoms with Crippen molar-refractivity contribution in [3.05, 3.63) is 0 Å². The Kier molecular flexibility index (Phi) is 6.68. The third kappa shape index (κ3) is 11.7. The van der Waals surface area contributed by atoms with Crippen LogP contribution in [0.4, 0.5) is 0 Å². The molecule has 0 spiro atoms. The van der Waals surface area contributed by atoms with Gasteiger partial charge >= 0.3 is 0 Å². The van der Waals surface area contributed by atoms with Gasteiger partial charge in [-0.2, -0.15) is 5.26 Å². The molecule has 0 saturated carbocycles. The molecule has 0 amide bonds. The Bertz CT molecular complexity index is 101. The summed E-state index contributed by atoms with van der Waals surface area (Å²) in [6.45, 7) is 6.76. The van der Waals surface area contributed by atoms with Crippen molar-refractivity contribution in [2.75, 3.05) is 26.2 Å². The standard InChI is InChI=1S/C6H13NP.ClH/c1-8(2,3)6-4-5-7;/h4,6H2,1-3H3;1H/q+1;/p-1. The monoisotopic (exact) mass is 165 g/mol. The number of hydrogen-bond donors (Lipinski definition) is 0. The smallest absolute Gasteiger partial charge is 0.0716 e. The van der Waals surface area contributed by atoms with Crippen LogP contribution in [-0.4, -0.2) is 26.2 Å². The molecule has 1 nitrogen and oxygen atoms in total. The number of nitrogens with zero attached hydrogens (tertiary/aromatic N) is 1. The second-order valence-electron chi connectivity index (χ2n) is 2.92. The van der Waals surface area contributed by atoms with Crippen molar-refractivity contribution in [1.29, 1.82) is 5.26 Å². The van der Waals surface area contributed by atoms with Gasteiger partial charge in [-0.1, -0.05) is 0 Å². The molecule has 0 aliphatic carbocycles. The number of hydrogen-bond acceptors (Lipinski definition) is 1. The first kappa shape index (κ1) is 11.9. The first-order valence-corrected chi connectivity index (χ1v) is 6.05. The van der Waals surface area contributed by atoms with Gasteiger partial charge in [0.1, 0.15) is 0 Å². The minimum atomic E-state index is -0.655. The lowest BCUT2D eigenvalue weighted by atomic mass is 10.6. The molecule has 0 bridgehead atoms. The van der Waals surface area contributed by atoms with Crippen LogP contribution in [0, 0.1) is 11.3 Å². The summed E-state index contributed by atoms with van der Waals surface area (Å²) in [6, 6.07) is 2.15. The fourth-order valence-electron chi connectivity index (χ4n) is 0.385. The van der Waals surface area contributed by atoms with Crippen LogP contribution in [-0.2, 0) is 0 Å². The Labute approximate surface area is 64.2 Å². The fraction of sp³-hybridized carbons (Fsp3) is 0.833. The van der Waals surface area contributed by atoms with E-state index < -0.39 is 7.26 Å². The Hall–Kier alpha value is 0.210. The van der Waals surface area contributed by atoms with Crippen LogP contribution >= 0.6 is 7.26 Å². The summed E-state index contributed by atoms with van der Waals surface area (Å²) < 4.78 is 0. The third-order valence-corrected chi connectivity index (χ3v) is 2.46. The summed E-state index contributed by atoms with van der Waals surface area (Å²) in [5.41, 5.74) is 0. The van der Waals surface area contributed by atoms with Gasteiger partial charge in [0.05, 0.1) is 18.7 Å². The van der Waals surface area contributed by atoms with Gasteiger partial charge in [0.25, 0.3) is 0 Å². The van der Waals surface area contributed by atoms with E-state index in [0.717, 1.165) is 12.6 Å². The van der Waals surface area contributed by atoms with Gasteiger partial charge in [0, 0.05) is 27.3 Å². The highest BCUT2D eigenvalue weighted by Crippen LogP contribution is 2.46. The molecular formula is C6H13ClNP. The van der Waals surface area contributed by atoms with E-state index in [4.69, 9.17) is 5.26 Å². The average Bonchev–Trinajstić information content (AvgIpc) is 1.59. The summed E-state index contributed by atoms with van der Waals surface area (Å²) in [5.74, 6) is 0. The fourth-order valence-corrected chi connectivity index (χ4v) is 1.16. The average molecular weight is 166 g/mol. The van der Waals surface area contributed by atoms with Crippen molar-refractivity contribution >= 4 is 7.26 Å². The van der Waals surface area contributed by atoms with Crippen molar-refractivity contribution < 1.29 is 12.4 Å². The maximum atomic E-state index is 8.20. The Morgan fingerprint density at radius 2 is 1.78 bits per heavy atom. The van der Waals surface area contributed by atoms with E-state index >= 15 is 0 Å². The normalized spacial score (nSPS) is 9.56. The summed E-state index contributed by atoms with van der Waals surface area (Å²) in [5, 5.41) is 8.20. The largest absolute Gasteiger partial charge is 1.00 e. The van der Waals surface area contributed by atoms with E-state index in [0.29, 0.717) is 0 Å². The Balaban J connectivity index is 0. The highest BCUT2D eigenvalue weighted by Gasteiger charge is 2.14. The zero-order valence-electron chi connectivity index (χ0n) is 6.19. The van der Waals surface area contributed by atoms with Crippen LogP contribution < -0.4 is 12.4 Å². The zero-order valence-corrected chi connectivity index (χ0v) is 7.84. The Morgan fingerprint density at radius 3 is 1.89 bits per heavy atom. The molecule has 0 rings (SSSR count). The van der Waals surface area contributed by atoms with Gasteiger partial charge in [-0.15, -0.1) is 0 Å². The van der Waals surface area contributed by atoms with Gasteiger partial charge < -0.3 is 12.4 Å². The zero-order chi connectivity index (χ0) is 6.62. The first-order chi connectivity index (χ1) is 3.56. The molecule has 0 aromatic rings. The van der Waals surface area contributed by atoms with E-state index in [-0.39, 0.29) is 12.4 Å². The number of halogens is 1. The van der Waals surface area contributed by atoms with Crippen LogP contribution in [0.5, 0.6) is 0 Å². The highest BCUT2D eigenvalue weighted by atomic mass is 35.5. The lowest BCUT2D eigenvalue weighted by Gasteiger charge is -2.07. The van der Waals surface area contributed by atoms with Crippen LogP contribution in [0.3, 0.4) is 0 Å². The maximum absolute atomic E-state index is 8.20. The van der Waals surface area contributed by atoms with Crippen LogP contribution in [0.1, 0.15) is 6.42 Å². The van der Waals surface area contributed by atoms with Crippen molar-refractivity contribution in [3.63, 3.8) is 0 Å². The molecular weight excluding hydrogens is 152 g/mol. The third-order valence-electron chi connectivity index (χ3n) is 0.894. The van der Waals surface area contributed by atoms with Gasteiger partial charge in [-0.05, 0) is 0 Å². The van der Waals surface area contributed by atoms with Crippen LogP contribution in [0.25, 0.3) is 0 Å². The predicted molar refractivity (Wildman–Crippen MR) is 39.8 cm³/mol. The number of nitriles is 1. The van der Waals surface area contributed by atoms with Gasteiger partial charge in [-0.25, -0.2) is 0 Å². The molecule has 54 valence electrons. The second-order valence-corrected chi connectivity index (χ2v) is 7.95. The molecule has 0 N–H and O–H groups in total. The Morgan fingerprint density at radius 1 is 1.33 bits per heavy atom. The van der Waals surface area contributed by atoms with Gasteiger partial charge in [-0.3, -0.25) is 0 Å². The quantitative estimate of drug-likeness (QED) is 0.473. The molecule has 0 aromatic carbocycles. The van der Waals surface area contributed by atoms with Gasteiger partial charge in [0.2, 0.25) is 0 Å². The summed E-state index contributed by atoms with van der Waals surface area (Å²) >= 11 is 0. The number of rotatable bonds is 2. The molecule has 0 saturated heterocycles. The van der Waals surface area contributed by atoms with Crippen molar-refractivity contribution in [3.8, 4) is 6.07 Å². The van der Waals surface area contributed by atoms with Crippen molar-refractivity contribution in [2.24, 2.45) is 0 Å². The molecule has 9 heavy (non-hydrogen) atoms. The van der Waals surface area contributed by atoms with Crippen LogP contribution in [0.2, 0.25) is 0 Å². The van der Waals surface area contributed by atoms with E-state index in [1.165, 1.54) is 0 Å². The summed E-state index contributed by atoms with van der Waals surface area (Å²) in [4.78, 5) is 0. The minimum absolute atomic E-state index is 0. The van der Waals surface area contributed by atoms with E-state index in [2.05, 4.69) is 26.1 Å². The summed E-state index contributed by atoms with van der Waals surface area (Å²) in [6.07, 6.45) is 1.85. The maximum Gasteiger partial charge on any atom is 0.0716 e. The molecule has 0 atom stereocenters. The van der Waals surface area contributed by atoms with E-state index in [1.807, 2.05) is 0 Å². The highest BCUT2D eigenvalue weighted by molar-refractivity contribution is 7.73. The molecule has 0 fully saturated rings. The lowest BCUT2D eigenvalue weighted by Crippen LogP contribution is -3.00. The lowest BCUT2D eigenvalue weighted by molar-refractivity contribution is -0.00000228. The van der Waals surface area contributed by atoms with Crippen molar-refractivity contribution in [1.82, 2.24) is 0 Å². The minimum Gasteiger partial charge on any atom is -1.00 e. The molecule has 0 heterocycles. The second kappa shape index (κ2) is 5.03. The van der Waals surface area contributed by atoms with E-state index in [9.17, 15) is 0 Å². The van der Waals surface area contributed by atoms with Crippen LogP contribution in [0.15, 0.2) is 0 Å². The molecule has 0 aliphatic rings.